The molecule has 206 valence electrons. The number of para-hydroxylation sites is 1. The van der Waals surface area contributed by atoms with Crippen molar-refractivity contribution in [2.75, 3.05) is 48.9 Å². The van der Waals surface area contributed by atoms with Crippen LogP contribution in [0.1, 0.15) is 61.3 Å². The third-order valence-electron chi connectivity index (χ3n) is 6.93. The highest BCUT2D eigenvalue weighted by Gasteiger charge is 2.28. The van der Waals surface area contributed by atoms with Crippen LogP contribution in [0.4, 0.5) is 28.6 Å². The van der Waals surface area contributed by atoms with E-state index in [0.717, 1.165) is 37.3 Å². The van der Waals surface area contributed by atoms with Crippen molar-refractivity contribution in [2.45, 2.75) is 40.5 Å². The van der Waals surface area contributed by atoms with Gasteiger partial charge in [-0.05, 0) is 56.0 Å². The van der Waals surface area contributed by atoms with Crippen LogP contribution in [0, 0.1) is 5.92 Å². The Morgan fingerprint density at radius 2 is 1.77 bits per heavy atom. The molecule has 0 spiro atoms. The number of anilines is 5. The Hall–Kier alpha value is -4.07. The normalized spacial score (nSPS) is 12.6. The van der Waals surface area contributed by atoms with Crippen molar-refractivity contribution in [2.24, 2.45) is 5.92 Å². The van der Waals surface area contributed by atoms with Crippen LogP contribution in [0.3, 0.4) is 0 Å². The van der Waals surface area contributed by atoms with Crippen LogP contribution in [0.2, 0.25) is 0 Å². The molecule has 0 radical (unpaired) electrons. The number of pyridine rings is 1. The molecule has 0 saturated heterocycles. The summed E-state index contributed by atoms with van der Waals surface area (Å²) in [5, 5.41) is 3.37. The van der Waals surface area contributed by atoms with Gasteiger partial charge in [0.1, 0.15) is 11.6 Å². The molecule has 0 fully saturated rings. The number of carbonyl (C=O) groups excluding carboxylic acids is 2. The molecule has 2 heterocycles. The second kappa shape index (κ2) is 12.2. The van der Waals surface area contributed by atoms with Crippen molar-refractivity contribution in [3.63, 3.8) is 0 Å². The number of rotatable bonds is 10. The Balaban J connectivity index is 1.64. The van der Waals surface area contributed by atoms with Gasteiger partial charge in [0.25, 0.3) is 11.8 Å². The highest BCUT2D eigenvalue weighted by molar-refractivity contribution is 6.13. The molecule has 2 amide bonds. The summed E-state index contributed by atoms with van der Waals surface area (Å²) < 4.78 is 5.95. The average molecular weight is 530 g/mol. The minimum absolute atomic E-state index is 0.0150. The van der Waals surface area contributed by atoms with E-state index in [1.807, 2.05) is 72.3 Å². The fourth-order valence-electron chi connectivity index (χ4n) is 4.75. The molecule has 8 heteroatoms. The van der Waals surface area contributed by atoms with Crippen molar-refractivity contribution >= 4 is 40.4 Å². The first kappa shape index (κ1) is 28.0. The van der Waals surface area contributed by atoms with Gasteiger partial charge < -0.3 is 24.8 Å². The Morgan fingerprint density at radius 1 is 1.00 bits per heavy atom. The van der Waals surface area contributed by atoms with E-state index in [-0.39, 0.29) is 11.8 Å². The molecule has 4 rings (SSSR count). The summed E-state index contributed by atoms with van der Waals surface area (Å²) in [5.41, 5.74) is 4.35. The molecule has 1 aliphatic heterocycles. The molecule has 39 heavy (non-hydrogen) atoms. The van der Waals surface area contributed by atoms with Crippen LogP contribution >= 0.6 is 0 Å². The van der Waals surface area contributed by atoms with Crippen LogP contribution in [-0.4, -0.2) is 55.5 Å². The summed E-state index contributed by atoms with van der Waals surface area (Å²) in [5.74, 6) is 1.66. The fraction of sp³-hybridized carbons (Fsp3) is 0.387. The molecule has 0 bridgehead atoms. The highest BCUT2D eigenvalue weighted by atomic mass is 16.5. The fourth-order valence-corrected chi connectivity index (χ4v) is 4.75. The maximum atomic E-state index is 13.4. The molecule has 8 nitrogen and oxygen atoms in total. The lowest BCUT2D eigenvalue weighted by atomic mass is 10.1. The van der Waals surface area contributed by atoms with E-state index in [2.05, 4.69) is 31.1 Å². The Labute approximate surface area is 231 Å². The first-order valence-corrected chi connectivity index (χ1v) is 13.7. The van der Waals surface area contributed by atoms with Gasteiger partial charge in [0.15, 0.2) is 0 Å². The Bertz CT molecular complexity index is 1340. The predicted molar refractivity (Wildman–Crippen MR) is 158 cm³/mol. The van der Waals surface area contributed by atoms with E-state index >= 15 is 0 Å². The number of nitrogens with zero attached hydrogens (tertiary/aromatic N) is 4. The van der Waals surface area contributed by atoms with E-state index in [1.54, 1.807) is 18.1 Å². The molecule has 0 saturated carbocycles. The summed E-state index contributed by atoms with van der Waals surface area (Å²) in [4.78, 5) is 36.6. The molecule has 2 aromatic carbocycles. The zero-order valence-electron chi connectivity index (χ0n) is 23.8. The van der Waals surface area contributed by atoms with Crippen LogP contribution < -0.4 is 19.9 Å². The molecule has 0 unspecified atom stereocenters. The van der Waals surface area contributed by atoms with E-state index in [9.17, 15) is 9.59 Å². The summed E-state index contributed by atoms with van der Waals surface area (Å²) in [6.07, 6.45) is 3.58. The number of hydrogen-bond donors (Lipinski definition) is 1. The summed E-state index contributed by atoms with van der Waals surface area (Å²) >= 11 is 0. The van der Waals surface area contributed by atoms with Crippen molar-refractivity contribution in [3.05, 3.63) is 65.9 Å². The molecular weight excluding hydrogens is 490 g/mol. The van der Waals surface area contributed by atoms with Crippen molar-refractivity contribution in [1.29, 1.82) is 0 Å². The number of aromatic nitrogens is 1. The summed E-state index contributed by atoms with van der Waals surface area (Å²) in [7, 11) is 3.71. The van der Waals surface area contributed by atoms with Gasteiger partial charge in [0, 0.05) is 38.8 Å². The molecule has 0 atom stereocenters. The minimum Gasteiger partial charge on any atom is -0.492 e. The highest BCUT2D eigenvalue weighted by Crippen LogP contribution is 2.40. The molecule has 0 aliphatic carbocycles. The number of benzene rings is 2. The van der Waals surface area contributed by atoms with Crippen LogP contribution in [-0.2, 0) is 0 Å². The van der Waals surface area contributed by atoms with Crippen molar-refractivity contribution in [3.8, 4) is 5.75 Å². The largest absolute Gasteiger partial charge is 0.492 e. The van der Waals surface area contributed by atoms with Crippen LogP contribution in [0.25, 0.3) is 0 Å². The minimum atomic E-state index is -0.0805. The third kappa shape index (κ3) is 6.00. The second-order valence-corrected chi connectivity index (χ2v) is 10.2. The lowest BCUT2D eigenvalue weighted by Crippen LogP contribution is -2.33. The van der Waals surface area contributed by atoms with Gasteiger partial charge in [-0.2, -0.15) is 0 Å². The SMILES string of the molecule is CCCN(CCC(C)C)C(=O)c1ccc(Nc2cc3c(cn2)N(C)C(=O)c2ccccc2N3C)c(OCC)c1. The number of hydrogen-bond acceptors (Lipinski definition) is 6. The van der Waals surface area contributed by atoms with Crippen LogP contribution in [0.5, 0.6) is 5.75 Å². The molecule has 1 N–H and O–H groups in total. The van der Waals surface area contributed by atoms with Gasteiger partial charge in [0.2, 0.25) is 0 Å². The second-order valence-electron chi connectivity index (χ2n) is 10.2. The lowest BCUT2D eigenvalue weighted by Gasteiger charge is -2.24. The number of nitrogens with one attached hydrogen (secondary N) is 1. The van der Waals surface area contributed by atoms with E-state index in [4.69, 9.17) is 4.74 Å². The topological polar surface area (TPSA) is 78.0 Å². The van der Waals surface area contributed by atoms with Gasteiger partial charge in [-0.15, -0.1) is 0 Å². The standard InChI is InChI=1S/C31H39N5O3/c1-7-16-36(17-15-21(3)4)30(37)22-13-14-24(28(18-22)39-8-2)33-29-19-26-27(20-32-29)35(6)31(38)23-11-9-10-12-25(23)34(26)5/h9-14,18-21H,7-8,15-17H2,1-6H3,(H,32,33). The average Bonchev–Trinajstić information content (AvgIpc) is 3.01. The van der Waals surface area contributed by atoms with E-state index in [1.165, 1.54) is 0 Å². The summed E-state index contributed by atoms with van der Waals surface area (Å²) in [6, 6.07) is 15.0. The van der Waals surface area contributed by atoms with Crippen molar-refractivity contribution in [1.82, 2.24) is 9.88 Å². The van der Waals surface area contributed by atoms with Gasteiger partial charge >= 0.3 is 0 Å². The molecular formula is C31H39N5O3. The van der Waals surface area contributed by atoms with Gasteiger partial charge in [-0.25, -0.2) is 4.98 Å². The van der Waals surface area contributed by atoms with Crippen molar-refractivity contribution < 1.29 is 14.3 Å². The number of carbonyl (C=O) groups is 2. The molecule has 1 aromatic heterocycles. The number of fused-ring (bicyclic) bond motifs is 2. The van der Waals surface area contributed by atoms with E-state index in [0.29, 0.717) is 46.6 Å². The first-order valence-electron chi connectivity index (χ1n) is 13.7. The maximum absolute atomic E-state index is 13.4. The Kier molecular flexibility index (Phi) is 8.74. The van der Waals surface area contributed by atoms with Crippen LogP contribution in [0.15, 0.2) is 54.7 Å². The maximum Gasteiger partial charge on any atom is 0.260 e. The number of amides is 2. The molecule has 3 aromatic rings. The third-order valence-corrected chi connectivity index (χ3v) is 6.93. The Morgan fingerprint density at radius 3 is 2.49 bits per heavy atom. The quantitative estimate of drug-likeness (QED) is 0.324. The zero-order valence-corrected chi connectivity index (χ0v) is 23.8. The predicted octanol–water partition coefficient (Wildman–Crippen LogP) is 6.48. The zero-order chi connectivity index (χ0) is 28.1. The lowest BCUT2D eigenvalue weighted by molar-refractivity contribution is 0.0747. The molecule has 1 aliphatic rings. The van der Waals surface area contributed by atoms with Gasteiger partial charge in [-0.3, -0.25) is 9.59 Å². The monoisotopic (exact) mass is 529 g/mol. The van der Waals surface area contributed by atoms with E-state index < -0.39 is 0 Å². The van der Waals surface area contributed by atoms with Gasteiger partial charge in [0.05, 0.1) is 41.1 Å². The number of ether oxygens (including phenoxy) is 1. The summed E-state index contributed by atoms with van der Waals surface area (Å²) in [6.45, 7) is 10.3. The smallest absolute Gasteiger partial charge is 0.260 e. The first-order chi connectivity index (χ1) is 18.7. The van der Waals surface area contributed by atoms with Gasteiger partial charge in [-0.1, -0.05) is 32.9 Å².